The summed E-state index contributed by atoms with van der Waals surface area (Å²) in [6.45, 7) is 3.39. The lowest BCUT2D eigenvalue weighted by molar-refractivity contribution is -0.0506. The second-order valence-corrected chi connectivity index (χ2v) is 3.69. The van der Waals surface area contributed by atoms with E-state index in [9.17, 15) is 8.78 Å². The average Bonchev–Trinajstić information content (AvgIpc) is 2.47. The van der Waals surface area contributed by atoms with Crippen molar-refractivity contribution in [3.05, 3.63) is 0 Å². The number of alkyl halides is 2. The van der Waals surface area contributed by atoms with Crippen molar-refractivity contribution in [1.82, 2.24) is 15.5 Å². The van der Waals surface area contributed by atoms with E-state index in [-0.39, 0.29) is 6.54 Å². The fraction of sp³-hybridized carbons (Fsp3) is 1.00. The van der Waals surface area contributed by atoms with Crippen LogP contribution in [0.2, 0.25) is 0 Å². The van der Waals surface area contributed by atoms with E-state index >= 15 is 0 Å². The maximum Gasteiger partial charge on any atom is 0.276 e. The van der Waals surface area contributed by atoms with Crippen molar-refractivity contribution in [2.45, 2.75) is 12.0 Å². The number of nitrogens with one attached hydrogen (secondary N) is 2. The topological polar surface area (TPSA) is 27.3 Å². The van der Waals surface area contributed by atoms with E-state index in [4.69, 9.17) is 0 Å². The van der Waals surface area contributed by atoms with Crippen LogP contribution >= 0.6 is 0 Å². The van der Waals surface area contributed by atoms with Crippen LogP contribution in [-0.2, 0) is 0 Å². The zero-order valence-electron chi connectivity index (χ0n) is 7.52. The second-order valence-electron chi connectivity index (χ2n) is 3.69. The minimum absolute atomic E-state index is 0.165. The summed E-state index contributed by atoms with van der Waals surface area (Å²) < 4.78 is 26.5. The highest BCUT2D eigenvalue weighted by atomic mass is 19.3. The fourth-order valence-electron chi connectivity index (χ4n) is 2.03. The van der Waals surface area contributed by atoms with Gasteiger partial charge in [-0.25, -0.2) is 8.78 Å². The van der Waals surface area contributed by atoms with E-state index < -0.39 is 12.0 Å². The van der Waals surface area contributed by atoms with E-state index in [0.717, 1.165) is 26.2 Å². The molecular formula is C8H15F2N3. The molecule has 3 nitrogen and oxygen atoms in total. The van der Waals surface area contributed by atoms with Gasteiger partial charge in [-0.1, -0.05) is 0 Å². The summed E-state index contributed by atoms with van der Waals surface area (Å²) in [6, 6.07) is -0.588. The molecule has 76 valence electrons. The third-order valence-electron chi connectivity index (χ3n) is 2.78. The van der Waals surface area contributed by atoms with Crippen molar-refractivity contribution in [1.29, 1.82) is 0 Å². The number of piperazine rings is 1. The predicted molar refractivity (Wildman–Crippen MR) is 46.0 cm³/mol. The Morgan fingerprint density at radius 2 is 1.85 bits per heavy atom. The first-order valence-electron chi connectivity index (χ1n) is 4.73. The van der Waals surface area contributed by atoms with Gasteiger partial charge in [0.2, 0.25) is 0 Å². The Morgan fingerprint density at radius 1 is 1.15 bits per heavy atom. The molecule has 0 bridgehead atoms. The second kappa shape index (κ2) is 3.48. The highest BCUT2D eigenvalue weighted by Gasteiger charge is 2.47. The summed E-state index contributed by atoms with van der Waals surface area (Å²) in [5, 5.41) is 5.91. The zero-order valence-corrected chi connectivity index (χ0v) is 7.52. The highest BCUT2D eigenvalue weighted by Crippen LogP contribution is 2.26. The van der Waals surface area contributed by atoms with Gasteiger partial charge in [0, 0.05) is 32.7 Å². The number of rotatable bonds is 1. The first kappa shape index (κ1) is 9.30. The minimum atomic E-state index is -2.54. The lowest BCUT2D eigenvalue weighted by Gasteiger charge is -2.34. The van der Waals surface area contributed by atoms with Crippen molar-refractivity contribution >= 4 is 0 Å². The van der Waals surface area contributed by atoms with Gasteiger partial charge >= 0.3 is 0 Å². The molecule has 0 aromatic rings. The SMILES string of the molecule is FC1(F)CNC[C@@H]1N1CCNCC1. The van der Waals surface area contributed by atoms with Gasteiger partial charge in [-0.05, 0) is 0 Å². The van der Waals surface area contributed by atoms with Crippen molar-refractivity contribution in [3.8, 4) is 0 Å². The zero-order chi connectivity index (χ0) is 9.31. The summed E-state index contributed by atoms with van der Waals surface area (Å²) in [6.07, 6.45) is 0. The molecule has 2 aliphatic rings. The smallest absolute Gasteiger partial charge is 0.276 e. The van der Waals surface area contributed by atoms with Crippen LogP contribution in [0.15, 0.2) is 0 Å². The Kier molecular flexibility index (Phi) is 2.49. The molecule has 0 aromatic carbocycles. The molecule has 1 atom stereocenters. The monoisotopic (exact) mass is 191 g/mol. The first-order chi connectivity index (χ1) is 6.20. The Hall–Kier alpha value is -0.260. The fourth-order valence-corrected chi connectivity index (χ4v) is 2.03. The van der Waals surface area contributed by atoms with E-state index in [1.807, 2.05) is 4.90 Å². The van der Waals surface area contributed by atoms with Gasteiger partial charge in [0.1, 0.15) is 0 Å². The number of halogens is 2. The van der Waals surface area contributed by atoms with Gasteiger partial charge in [-0.3, -0.25) is 4.90 Å². The summed E-state index contributed by atoms with van der Waals surface area (Å²) in [4.78, 5) is 1.89. The molecule has 0 aromatic heterocycles. The van der Waals surface area contributed by atoms with Crippen molar-refractivity contribution in [2.75, 3.05) is 39.3 Å². The predicted octanol–water partition coefficient (Wildman–Crippen LogP) is -0.501. The van der Waals surface area contributed by atoms with E-state index in [0.29, 0.717) is 6.54 Å². The van der Waals surface area contributed by atoms with Crippen LogP contribution in [0.5, 0.6) is 0 Å². The van der Waals surface area contributed by atoms with Crippen LogP contribution in [0.3, 0.4) is 0 Å². The first-order valence-corrected chi connectivity index (χ1v) is 4.73. The molecular weight excluding hydrogens is 176 g/mol. The molecule has 2 saturated heterocycles. The molecule has 0 amide bonds. The number of hydrogen-bond donors (Lipinski definition) is 2. The average molecular weight is 191 g/mol. The third kappa shape index (κ3) is 1.82. The van der Waals surface area contributed by atoms with Gasteiger partial charge in [0.25, 0.3) is 5.92 Å². The lowest BCUT2D eigenvalue weighted by atomic mass is 10.1. The molecule has 2 fully saturated rings. The van der Waals surface area contributed by atoms with Crippen LogP contribution in [0.25, 0.3) is 0 Å². The molecule has 13 heavy (non-hydrogen) atoms. The molecule has 0 saturated carbocycles. The summed E-state index contributed by atoms with van der Waals surface area (Å²) in [5.41, 5.74) is 0. The number of nitrogens with zero attached hydrogens (tertiary/aromatic N) is 1. The number of hydrogen-bond acceptors (Lipinski definition) is 3. The van der Waals surface area contributed by atoms with Gasteiger partial charge in [-0.15, -0.1) is 0 Å². The Labute approximate surface area is 76.5 Å². The molecule has 2 rings (SSSR count). The Bertz CT molecular complexity index is 180. The van der Waals surface area contributed by atoms with Crippen molar-refractivity contribution in [2.24, 2.45) is 0 Å². The molecule has 0 spiro atoms. The van der Waals surface area contributed by atoms with Crippen LogP contribution in [0.1, 0.15) is 0 Å². The normalized spacial score (nSPS) is 35.1. The third-order valence-corrected chi connectivity index (χ3v) is 2.78. The highest BCUT2D eigenvalue weighted by molar-refractivity contribution is 4.96. The maximum atomic E-state index is 13.3. The molecule has 2 aliphatic heterocycles. The van der Waals surface area contributed by atoms with Crippen LogP contribution < -0.4 is 10.6 Å². The molecule has 0 aliphatic carbocycles. The lowest BCUT2D eigenvalue weighted by Crippen LogP contribution is -2.54. The summed E-state index contributed by atoms with van der Waals surface area (Å²) >= 11 is 0. The molecule has 0 unspecified atom stereocenters. The quantitative estimate of drug-likeness (QED) is 0.585. The van der Waals surface area contributed by atoms with Gasteiger partial charge in [-0.2, -0.15) is 0 Å². The van der Waals surface area contributed by atoms with Crippen LogP contribution in [0.4, 0.5) is 8.78 Å². The van der Waals surface area contributed by atoms with Crippen LogP contribution in [-0.4, -0.2) is 56.1 Å². The largest absolute Gasteiger partial charge is 0.314 e. The maximum absolute atomic E-state index is 13.3. The standard InChI is InChI=1S/C8H15F2N3/c9-8(10)6-12-5-7(8)13-3-1-11-2-4-13/h7,11-12H,1-6H2/t7-/m0/s1. The molecule has 0 radical (unpaired) electrons. The van der Waals surface area contributed by atoms with Crippen LogP contribution in [0, 0.1) is 0 Å². The van der Waals surface area contributed by atoms with E-state index in [1.54, 1.807) is 0 Å². The molecule has 2 heterocycles. The van der Waals surface area contributed by atoms with E-state index in [1.165, 1.54) is 0 Å². The summed E-state index contributed by atoms with van der Waals surface area (Å²) in [5.74, 6) is -2.54. The Balaban J connectivity index is 1.98. The van der Waals surface area contributed by atoms with Crippen molar-refractivity contribution < 1.29 is 8.78 Å². The van der Waals surface area contributed by atoms with Gasteiger partial charge in [0.05, 0.1) is 12.6 Å². The molecule has 2 N–H and O–H groups in total. The van der Waals surface area contributed by atoms with Crippen molar-refractivity contribution in [3.63, 3.8) is 0 Å². The van der Waals surface area contributed by atoms with Gasteiger partial charge in [0.15, 0.2) is 0 Å². The van der Waals surface area contributed by atoms with E-state index in [2.05, 4.69) is 10.6 Å². The summed E-state index contributed by atoms with van der Waals surface area (Å²) in [7, 11) is 0. The Morgan fingerprint density at radius 3 is 2.38 bits per heavy atom. The molecule has 5 heteroatoms. The van der Waals surface area contributed by atoms with Gasteiger partial charge < -0.3 is 10.6 Å². The minimum Gasteiger partial charge on any atom is -0.314 e.